The number of hydrogen-bond donors (Lipinski definition) is 0. The van der Waals surface area contributed by atoms with Crippen molar-refractivity contribution in [1.82, 2.24) is 0 Å². The molecule has 2 saturated carbocycles. The smallest absolute Gasteiger partial charge is 0.0476 e. The van der Waals surface area contributed by atoms with E-state index in [2.05, 4.69) is 193 Å². The lowest BCUT2D eigenvalue weighted by Gasteiger charge is -2.36. The van der Waals surface area contributed by atoms with Crippen LogP contribution in [0, 0.1) is 11.8 Å². The molecule has 2 bridgehead atoms. The molecule has 1 spiro atoms. The van der Waals surface area contributed by atoms with Gasteiger partial charge in [0.15, 0.2) is 0 Å². The zero-order chi connectivity index (χ0) is 37.5. The molecular weight excluding hydrogens is 707 g/mol. The van der Waals surface area contributed by atoms with E-state index in [-0.39, 0.29) is 5.41 Å². The minimum absolute atomic E-state index is 0.202. The summed E-state index contributed by atoms with van der Waals surface area (Å²) in [5.41, 5.74) is 17.3. The van der Waals surface area contributed by atoms with Gasteiger partial charge in [-0.15, -0.1) is 11.3 Å². The van der Waals surface area contributed by atoms with Crippen LogP contribution in [-0.4, -0.2) is 0 Å². The number of thiophene rings is 1. The summed E-state index contributed by atoms with van der Waals surface area (Å²) in [6.07, 6.45) is 5.49. The number of fused-ring (bicyclic) bond motifs is 11. The van der Waals surface area contributed by atoms with Crippen LogP contribution in [0.5, 0.6) is 0 Å². The van der Waals surface area contributed by atoms with Gasteiger partial charge in [0.1, 0.15) is 0 Å². The molecule has 1 heterocycles. The van der Waals surface area contributed by atoms with E-state index < -0.39 is 0 Å². The maximum atomic E-state index is 2.46. The van der Waals surface area contributed by atoms with Crippen LogP contribution in [-0.2, 0) is 5.41 Å². The van der Waals surface area contributed by atoms with Crippen molar-refractivity contribution in [3.05, 3.63) is 199 Å². The number of nitrogens with zero attached hydrogens (tertiary/aromatic N) is 1. The Bertz CT molecular complexity index is 2960. The van der Waals surface area contributed by atoms with Crippen molar-refractivity contribution in [3.63, 3.8) is 0 Å². The van der Waals surface area contributed by atoms with Crippen molar-refractivity contribution in [1.29, 1.82) is 0 Å². The Morgan fingerprint density at radius 2 is 1.02 bits per heavy atom. The van der Waals surface area contributed by atoms with E-state index in [1.54, 1.807) is 11.1 Å². The molecule has 1 aromatic heterocycles. The molecule has 0 amide bonds. The summed E-state index contributed by atoms with van der Waals surface area (Å²) >= 11 is 1.87. The topological polar surface area (TPSA) is 3.24 Å². The molecule has 1 nitrogen and oxygen atoms in total. The molecule has 57 heavy (non-hydrogen) atoms. The van der Waals surface area contributed by atoms with Crippen LogP contribution in [0.2, 0.25) is 0 Å². The van der Waals surface area contributed by atoms with Gasteiger partial charge in [0.05, 0.1) is 0 Å². The summed E-state index contributed by atoms with van der Waals surface area (Å²) in [7, 11) is 0. The molecular formula is C55H41NS. The van der Waals surface area contributed by atoms with Crippen LogP contribution in [0.25, 0.3) is 64.7 Å². The van der Waals surface area contributed by atoms with Crippen LogP contribution in [0.3, 0.4) is 0 Å². The molecule has 8 aromatic carbocycles. The van der Waals surface area contributed by atoms with E-state index in [9.17, 15) is 0 Å². The number of hydrogen-bond acceptors (Lipinski definition) is 2. The van der Waals surface area contributed by atoms with E-state index >= 15 is 0 Å². The molecule has 9 aromatic rings. The summed E-state index contributed by atoms with van der Waals surface area (Å²) in [6, 6.07) is 70.1. The van der Waals surface area contributed by atoms with Crippen molar-refractivity contribution in [3.8, 4) is 44.5 Å². The fraction of sp³-hybridized carbons (Fsp3) is 0.127. The molecule has 2 fully saturated rings. The van der Waals surface area contributed by atoms with Gasteiger partial charge < -0.3 is 4.90 Å². The van der Waals surface area contributed by atoms with Crippen LogP contribution < -0.4 is 4.90 Å². The highest BCUT2D eigenvalue weighted by Crippen LogP contribution is 2.66. The number of anilines is 3. The van der Waals surface area contributed by atoms with Gasteiger partial charge in [-0.25, -0.2) is 0 Å². The van der Waals surface area contributed by atoms with Gasteiger partial charge in [0.25, 0.3) is 0 Å². The van der Waals surface area contributed by atoms with Crippen molar-refractivity contribution in [2.75, 3.05) is 4.90 Å². The largest absolute Gasteiger partial charge is 0.310 e. The summed E-state index contributed by atoms with van der Waals surface area (Å²) in [4.78, 5) is 2.39. The van der Waals surface area contributed by atoms with Crippen LogP contribution in [0.4, 0.5) is 17.1 Å². The zero-order valence-electron chi connectivity index (χ0n) is 31.7. The first-order valence-electron chi connectivity index (χ1n) is 20.5. The minimum atomic E-state index is 0.202. The van der Waals surface area contributed by atoms with E-state index in [0.29, 0.717) is 0 Å². The predicted octanol–water partition coefficient (Wildman–Crippen LogP) is 15.6. The van der Waals surface area contributed by atoms with E-state index in [0.717, 1.165) is 28.9 Å². The van der Waals surface area contributed by atoms with Gasteiger partial charge in [-0.1, -0.05) is 152 Å². The lowest BCUT2D eigenvalue weighted by Crippen LogP contribution is -2.31. The van der Waals surface area contributed by atoms with Crippen LogP contribution in [0.1, 0.15) is 36.8 Å². The monoisotopic (exact) mass is 747 g/mol. The molecule has 272 valence electrons. The molecule has 3 atom stereocenters. The Labute approximate surface area is 338 Å². The highest BCUT2D eigenvalue weighted by molar-refractivity contribution is 7.25. The minimum Gasteiger partial charge on any atom is -0.310 e. The Kier molecular flexibility index (Phi) is 7.47. The highest BCUT2D eigenvalue weighted by atomic mass is 32.1. The molecule has 0 N–H and O–H groups in total. The van der Waals surface area contributed by atoms with E-state index in [4.69, 9.17) is 0 Å². The van der Waals surface area contributed by atoms with Crippen molar-refractivity contribution < 1.29 is 0 Å². The average Bonchev–Trinajstić information content (AvgIpc) is 4.06. The Hall–Kier alpha value is -6.22. The molecule has 3 aliphatic carbocycles. The average molecular weight is 748 g/mol. The third-order valence-corrected chi connectivity index (χ3v) is 14.7. The SMILES string of the molecule is c1ccc(-c2ccc(N(c3ccc(-c4ccc(-c5cccc6c5-c5ccccc5C65CC6CCC5C6)cc4)cc3)c3ccc4c(c3)sc3ccccc34)cc2)cc1. The van der Waals surface area contributed by atoms with Gasteiger partial charge >= 0.3 is 0 Å². The van der Waals surface area contributed by atoms with Gasteiger partial charge in [-0.3, -0.25) is 0 Å². The Morgan fingerprint density at radius 1 is 0.439 bits per heavy atom. The maximum absolute atomic E-state index is 2.46. The van der Waals surface area contributed by atoms with E-state index in [1.807, 2.05) is 11.3 Å². The lowest BCUT2D eigenvalue weighted by molar-refractivity contribution is 0.327. The van der Waals surface area contributed by atoms with E-state index in [1.165, 1.54) is 90.4 Å². The predicted molar refractivity (Wildman–Crippen MR) is 242 cm³/mol. The second-order valence-corrected chi connectivity index (χ2v) is 17.6. The van der Waals surface area contributed by atoms with Crippen molar-refractivity contribution in [2.45, 2.75) is 31.1 Å². The first-order valence-corrected chi connectivity index (χ1v) is 21.3. The summed E-state index contributed by atoms with van der Waals surface area (Å²) < 4.78 is 2.62. The number of benzene rings is 8. The maximum Gasteiger partial charge on any atom is 0.0476 e. The van der Waals surface area contributed by atoms with Crippen LogP contribution in [0.15, 0.2) is 188 Å². The van der Waals surface area contributed by atoms with Crippen LogP contribution >= 0.6 is 11.3 Å². The second-order valence-electron chi connectivity index (χ2n) is 16.5. The summed E-state index contributed by atoms with van der Waals surface area (Å²) in [5, 5.41) is 2.64. The first-order chi connectivity index (χ1) is 28.2. The first kappa shape index (κ1) is 33.0. The summed E-state index contributed by atoms with van der Waals surface area (Å²) in [6.45, 7) is 0. The zero-order valence-corrected chi connectivity index (χ0v) is 32.6. The Morgan fingerprint density at radius 3 is 1.74 bits per heavy atom. The standard InChI is InChI=1S/C55H41NS/c1-2-9-37(10-3-1)39-22-27-43(28-23-39)56(45-31-32-48-47-11-5-7-16-52(47)57-53(48)34-45)44-29-24-40(25-30-44)38-18-20-41(21-19-38)46-13-8-15-51-54(46)49-12-4-6-14-50(49)55(51)35-36-17-26-42(55)33-36/h1-16,18-25,27-32,34,36,42H,17,26,33,35H2. The molecule has 3 unspecified atom stereocenters. The molecule has 12 rings (SSSR count). The number of rotatable bonds is 6. The molecule has 0 aliphatic heterocycles. The molecule has 0 radical (unpaired) electrons. The fourth-order valence-corrected chi connectivity index (χ4v) is 12.2. The molecule has 0 saturated heterocycles. The lowest BCUT2D eigenvalue weighted by atomic mass is 9.66. The molecule has 3 aliphatic rings. The Balaban J connectivity index is 0.895. The van der Waals surface area contributed by atoms with Gasteiger partial charge in [0, 0.05) is 42.6 Å². The van der Waals surface area contributed by atoms with Gasteiger partial charge in [-0.05, 0) is 129 Å². The third kappa shape index (κ3) is 5.13. The fourth-order valence-electron chi connectivity index (χ4n) is 11.1. The quantitative estimate of drug-likeness (QED) is 0.164. The van der Waals surface area contributed by atoms with Crippen molar-refractivity contribution >= 4 is 48.6 Å². The van der Waals surface area contributed by atoms with Gasteiger partial charge in [-0.2, -0.15) is 0 Å². The second kappa shape index (κ2) is 12.9. The normalized spacial score (nSPS) is 19.0. The highest BCUT2D eigenvalue weighted by Gasteiger charge is 2.56. The molecule has 2 heteroatoms. The summed E-state index contributed by atoms with van der Waals surface area (Å²) in [5.74, 6) is 1.65. The van der Waals surface area contributed by atoms with Crippen molar-refractivity contribution in [2.24, 2.45) is 11.8 Å². The third-order valence-electron chi connectivity index (χ3n) is 13.6. The van der Waals surface area contributed by atoms with Gasteiger partial charge in [0.2, 0.25) is 0 Å².